The van der Waals surface area contributed by atoms with E-state index in [0.717, 1.165) is 19.4 Å². The van der Waals surface area contributed by atoms with Gasteiger partial charge in [0, 0.05) is 17.8 Å². The highest BCUT2D eigenvalue weighted by Crippen LogP contribution is 2.82. The number of thiol groups is 2. The molecule has 2 bridgehead atoms. The minimum Gasteiger partial charge on any atom is -0.286 e. The van der Waals surface area contributed by atoms with Gasteiger partial charge in [0.2, 0.25) is 0 Å². The Morgan fingerprint density at radius 3 is 2.44 bits per heavy atom. The Labute approximate surface area is 117 Å². The fourth-order valence-electron chi connectivity index (χ4n) is 5.72. The molecule has 0 amide bonds. The number of hydrogen-bond acceptors (Lipinski definition) is 2. The quantitative estimate of drug-likeness (QED) is 0.426. The van der Waals surface area contributed by atoms with Gasteiger partial charge in [0.05, 0.1) is 4.87 Å². The first kappa shape index (κ1) is 12.3. The molecule has 8 atom stereocenters. The highest BCUT2D eigenvalue weighted by Gasteiger charge is 2.77. The van der Waals surface area contributed by atoms with E-state index in [9.17, 15) is 4.39 Å². The van der Waals surface area contributed by atoms with Gasteiger partial charge in [-0.1, -0.05) is 6.92 Å². The maximum absolute atomic E-state index is 14.4. The Bertz CT molecular complexity index is 380. The summed E-state index contributed by atoms with van der Waals surface area (Å²) in [6, 6.07) is 0.593. The Hall–Kier alpha value is 0.590. The van der Waals surface area contributed by atoms with Crippen LogP contribution >= 0.6 is 21.6 Å². The van der Waals surface area contributed by atoms with E-state index in [1.807, 2.05) is 0 Å². The first-order valence-electron chi connectivity index (χ1n) is 7.40. The van der Waals surface area contributed by atoms with Crippen molar-refractivity contribution in [1.29, 1.82) is 0 Å². The zero-order valence-corrected chi connectivity index (χ0v) is 13.2. The van der Waals surface area contributed by atoms with Crippen LogP contribution in [0.2, 0.25) is 0 Å². The van der Waals surface area contributed by atoms with Crippen molar-refractivity contribution in [2.24, 2.45) is 23.7 Å². The number of halogens is 1. The van der Waals surface area contributed by atoms with Crippen LogP contribution in [0.1, 0.15) is 33.6 Å². The van der Waals surface area contributed by atoms with Crippen LogP contribution in [-0.4, -0.2) is 33.8 Å². The van der Waals surface area contributed by atoms with Crippen molar-refractivity contribution in [2.75, 3.05) is 6.54 Å². The molecule has 0 aromatic heterocycles. The van der Waals surface area contributed by atoms with E-state index in [1.54, 1.807) is 0 Å². The molecule has 1 nitrogen and oxygen atoms in total. The Balaban J connectivity index is 1.76. The molecule has 2 heterocycles. The second-order valence-corrected chi connectivity index (χ2v) is 10.6. The minimum atomic E-state index is -0.490. The molecule has 18 heavy (non-hydrogen) atoms. The van der Waals surface area contributed by atoms with E-state index in [1.165, 1.54) is 0 Å². The highest BCUT2D eigenvalue weighted by atomic mass is 33.1. The van der Waals surface area contributed by atoms with Gasteiger partial charge in [-0.3, -0.25) is 4.90 Å². The molecule has 0 radical (unpaired) electrons. The number of rotatable bonds is 1. The molecule has 0 N–H and O–H groups in total. The van der Waals surface area contributed by atoms with Crippen LogP contribution in [0.5, 0.6) is 0 Å². The van der Waals surface area contributed by atoms with Crippen LogP contribution in [0.25, 0.3) is 0 Å². The summed E-state index contributed by atoms with van der Waals surface area (Å²) in [6.45, 7) is 8.11. The SMILES string of the molecule is CC(C)N1CC2C3CCC(C3F)C2C12C(C)[SH]2S. The summed E-state index contributed by atoms with van der Waals surface area (Å²) in [7, 11) is -0.198. The molecule has 2 aliphatic heterocycles. The van der Waals surface area contributed by atoms with E-state index in [0.29, 0.717) is 39.8 Å². The van der Waals surface area contributed by atoms with Gasteiger partial charge in [0.25, 0.3) is 0 Å². The highest BCUT2D eigenvalue weighted by molar-refractivity contribution is 8.82. The van der Waals surface area contributed by atoms with Gasteiger partial charge in [-0.2, -0.15) is 9.93 Å². The predicted octanol–water partition coefficient (Wildman–Crippen LogP) is 3.27. The molecule has 4 rings (SSSR count). The molecular formula is C14H24FNS2. The summed E-state index contributed by atoms with van der Waals surface area (Å²) in [5, 5.41) is 0.708. The molecule has 4 fully saturated rings. The van der Waals surface area contributed by atoms with Gasteiger partial charge in [-0.25, -0.2) is 4.39 Å². The topological polar surface area (TPSA) is 3.24 Å². The fourth-order valence-corrected chi connectivity index (χ4v) is 10.2. The van der Waals surface area contributed by atoms with Gasteiger partial charge in [-0.15, -0.1) is 11.7 Å². The van der Waals surface area contributed by atoms with Crippen LogP contribution < -0.4 is 0 Å². The largest absolute Gasteiger partial charge is 0.286 e. The Morgan fingerprint density at radius 1 is 1.28 bits per heavy atom. The third-order valence-corrected chi connectivity index (χ3v) is 10.9. The van der Waals surface area contributed by atoms with Crippen molar-refractivity contribution in [1.82, 2.24) is 4.90 Å². The van der Waals surface area contributed by atoms with E-state index in [-0.39, 0.29) is 9.93 Å². The lowest BCUT2D eigenvalue weighted by Crippen LogP contribution is -2.44. The predicted molar refractivity (Wildman–Crippen MR) is 80.1 cm³/mol. The Morgan fingerprint density at radius 2 is 1.89 bits per heavy atom. The number of nitrogens with zero attached hydrogens (tertiary/aromatic N) is 1. The molecule has 2 aliphatic carbocycles. The van der Waals surface area contributed by atoms with Crippen molar-refractivity contribution < 1.29 is 4.39 Å². The van der Waals surface area contributed by atoms with Gasteiger partial charge in [-0.05, 0) is 50.4 Å². The third-order valence-electron chi connectivity index (χ3n) is 6.39. The lowest BCUT2D eigenvalue weighted by Gasteiger charge is -2.35. The van der Waals surface area contributed by atoms with E-state index in [4.69, 9.17) is 11.7 Å². The average Bonchev–Trinajstić information content (AvgIpc) is 2.74. The summed E-state index contributed by atoms with van der Waals surface area (Å²) < 4.78 is 14.4. The molecule has 4 aliphatic rings. The monoisotopic (exact) mass is 289 g/mol. The van der Waals surface area contributed by atoms with Crippen LogP contribution in [-0.2, 0) is 0 Å². The molecule has 0 aromatic carbocycles. The van der Waals surface area contributed by atoms with Crippen LogP contribution in [0.15, 0.2) is 0 Å². The minimum absolute atomic E-state index is 0.198. The van der Waals surface area contributed by atoms with Crippen LogP contribution in [0, 0.1) is 23.7 Å². The number of fused-ring (bicyclic) bond motifs is 6. The molecule has 8 unspecified atom stereocenters. The summed E-state index contributed by atoms with van der Waals surface area (Å²) in [6.07, 6.45) is 1.80. The van der Waals surface area contributed by atoms with Crippen molar-refractivity contribution in [2.45, 2.75) is 55.9 Å². The fraction of sp³-hybridized carbons (Fsp3) is 1.00. The standard InChI is InChI=1S/C14H24FNS2/c1-7(2)16-6-11-9-4-5-10(13(9)15)12(11)14(16)8(3)18(14)17/h7-13,17-18H,4-6H2,1-3H3. The first-order chi connectivity index (χ1) is 8.51. The van der Waals surface area contributed by atoms with Gasteiger partial charge in [0.15, 0.2) is 0 Å². The maximum atomic E-state index is 14.4. The summed E-state index contributed by atoms with van der Waals surface area (Å²) in [5.74, 6) is 2.02. The number of likely N-dealkylation sites (tertiary alicyclic amines) is 1. The second-order valence-electron chi connectivity index (χ2n) is 7.09. The second kappa shape index (κ2) is 3.62. The van der Waals surface area contributed by atoms with Gasteiger partial charge in [0.1, 0.15) is 6.17 Å². The molecule has 0 aromatic rings. The molecule has 1 spiro atoms. The lowest BCUT2D eigenvalue weighted by molar-refractivity contribution is 0.134. The van der Waals surface area contributed by atoms with E-state index < -0.39 is 6.17 Å². The van der Waals surface area contributed by atoms with E-state index >= 15 is 0 Å². The Kier molecular flexibility index (Phi) is 2.48. The third kappa shape index (κ3) is 1.14. The molecular weight excluding hydrogens is 265 g/mol. The average molecular weight is 289 g/mol. The van der Waals surface area contributed by atoms with Crippen LogP contribution in [0.4, 0.5) is 4.39 Å². The molecule has 104 valence electrons. The summed E-state index contributed by atoms with van der Waals surface area (Å²) in [4.78, 5) is 3.02. The molecule has 2 saturated carbocycles. The zero-order chi connectivity index (χ0) is 12.8. The van der Waals surface area contributed by atoms with Crippen LogP contribution in [0.3, 0.4) is 0 Å². The number of hydrogen-bond donors (Lipinski definition) is 2. The molecule has 2 saturated heterocycles. The summed E-state index contributed by atoms with van der Waals surface area (Å²) >= 11 is 4.91. The van der Waals surface area contributed by atoms with Crippen molar-refractivity contribution >= 4 is 21.6 Å². The van der Waals surface area contributed by atoms with Gasteiger partial charge < -0.3 is 0 Å². The maximum Gasteiger partial charge on any atom is 0.106 e. The van der Waals surface area contributed by atoms with E-state index in [2.05, 4.69) is 25.7 Å². The van der Waals surface area contributed by atoms with Crippen molar-refractivity contribution in [3.8, 4) is 0 Å². The first-order valence-corrected chi connectivity index (χ1v) is 9.96. The van der Waals surface area contributed by atoms with Crippen molar-refractivity contribution in [3.63, 3.8) is 0 Å². The summed E-state index contributed by atoms with van der Waals surface area (Å²) in [5.41, 5.74) is 0. The zero-order valence-electron chi connectivity index (χ0n) is 11.4. The van der Waals surface area contributed by atoms with Crippen molar-refractivity contribution in [3.05, 3.63) is 0 Å². The van der Waals surface area contributed by atoms with Gasteiger partial charge >= 0.3 is 0 Å². The smallest absolute Gasteiger partial charge is 0.106 e. The lowest BCUT2D eigenvalue weighted by atomic mass is 9.78. The number of alkyl halides is 1. The molecule has 4 heteroatoms. The normalized spacial score (nSPS) is 64.0.